The Morgan fingerprint density at radius 2 is 1.79 bits per heavy atom. The number of halogens is 6. The third kappa shape index (κ3) is 7.93. The van der Waals surface area contributed by atoms with Gasteiger partial charge in [0, 0.05) is 17.7 Å². The van der Waals surface area contributed by atoms with E-state index in [2.05, 4.69) is 15.6 Å². The molecular weight excluding hydrogens is 524 g/mol. The van der Waals surface area contributed by atoms with Crippen LogP contribution in [0, 0.1) is 11.6 Å². The molecule has 204 valence electrons. The molecule has 0 aliphatic rings. The number of hydrogen-bond donors (Lipinski definition) is 2. The largest absolute Gasteiger partial charge is 0.489 e. The van der Waals surface area contributed by atoms with Crippen LogP contribution in [-0.2, 0) is 11.3 Å². The highest BCUT2D eigenvalue weighted by Crippen LogP contribution is 2.25. The fraction of sp³-hybridized carbons (Fsp3) is 0.304. The third-order valence-corrected chi connectivity index (χ3v) is 4.82. The Kier molecular flexibility index (Phi) is 9.65. The summed E-state index contributed by atoms with van der Waals surface area (Å²) >= 11 is 0. The fourth-order valence-electron chi connectivity index (χ4n) is 3.05. The van der Waals surface area contributed by atoms with E-state index in [4.69, 9.17) is 9.47 Å². The molecule has 2 amide bonds. The lowest BCUT2D eigenvalue weighted by Gasteiger charge is -2.14. The van der Waals surface area contributed by atoms with Gasteiger partial charge in [0.2, 0.25) is 0 Å². The van der Waals surface area contributed by atoms with Crippen LogP contribution < -0.4 is 15.4 Å². The predicted octanol–water partition coefficient (Wildman–Crippen LogP) is 3.13. The highest BCUT2D eigenvalue weighted by atomic mass is 19.4. The summed E-state index contributed by atoms with van der Waals surface area (Å²) in [5, 5.41) is 11.7. The van der Waals surface area contributed by atoms with Crippen molar-refractivity contribution in [2.75, 3.05) is 33.0 Å². The highest BCUT2D eigenvalue weighted by molar-refractivity contribution is 5.95. The zero-order valence-electron chi connectivity index (χ0n) is 19.5. The Balaban J connectivity index is 1.77. The summed E-state index contributed by atoms with van der Waals surface area (Å²) in [4.78, 5) is 24.6. The summed E-state index contributed by atoms with van der Waals surface area (Å²) in [5.41, 5.74) is -0.291. The van der Waals surface area contributed by atoms with E-state index in [1.165, 1.54) is 30.5 Å². The molecule has 0 radical (unpaired) electrons. The van der Waals surface area contributed by atoms with Gasteiger partial charge in [0.15, 0.2) is 17.3 Å². The highest BCUT2D eigenvalue weighted by Gasteiger charge is 2.28. The summed E-state index contributed by atoms with van der Waals surface area (Å²) in [6.07, 6.45) is -3.43. The number of ether oxygens (including phenoxy) is 2. The predicted molar refractivity (Wildman–Crippen MR) is 120 cm³/mol. The van der Waals surface area contributed by atoms with Crippen LogP contribution >= 0.6 is 0 Å². The van der Waals surface area contributed by atoms with Gasteiger partial charge in [0.05, 0.1) is 19.4 Å². The van der Waals surface area contributed by atoms with Crippen molar-refractivity contribution >= 4 is 11.8 Å². The van der Waals surface area contributed by atoms with Gasteiger partial charge in [0.1, 0.15) is 31.3 Å². The van der Waals surface area contributed by atoms with E-state index in [0.717, 1.165) is 16.8 Å². The second-order valence-electron chi connectivity index (χ2n) is 7.57. The summed E-state index contributed by atoms with van der Waals surface area (Å²) in [5.74, 6) is -3.97. The van der Waals surface area contributed by atoms with Crippen LogP contribution in [-0.4, -0.2) is 66.0 Å². The van der Waals surface area contributed by atoms with Crippen LogP contribution in [0.3, 0.4) is 0 Å². The Hall–Kier alpha value is -4.14. The van der Waals surface area contributed by atoms with E-state index in [9.17, 15) is 35.9 Å². The number of carbonyl (C=O) groups is 2. The molecular formula is C23H21F6N5O4. The van der Waals surface area contributed by atoms with Gasteiger partial charge in [0.25, 0.3) is 11.8 Å². The standard InChI is InChI=1S/C23H21F6N5O4/c24-6-7-37-8-9-38-19-10-14(21(35)31-13-23(27,28)29)4-5-18(19)34-12-17(32-33-34)22(36)30-11-15-2-1-3-16(25)20(15)26/h1-5,10,12H,6-9,11,13H2,(H,30,36)(H,31,35). The molecule has 0 saturated heterocycles. The SMILES string of the molecule is O=C(NCC(F)(F)F)c1ccc(-n2cc(C(=O)NCc3cccc(F)c3F)nn2)c(OCCOCCF)c1. The molecule has 15 heteroatoms. The van der Waals surface area contributed by atoms with Crippen molar-refractivity contribution < 1.29 is 45.4 Å². The number of carbonyl (C=O) groups excluding carboxylic acids is 2. The van der Waals surface area contributed by atoms with Crippen molar-refractivity contribution in [1.29, 1.82) is 0 Å². The lowest BCUT2D eigenvalue weighted by molar-refractivity contribution is -0.123. The number of nitrogens with zero attached hydrogens (tertiary/aromatic N) is 3. The minimum atomic E-state index is -4.61. The Morgan fingerprint density at radius 3 is 2.53 bits per heavy atom. The van der Waals surface area contributed by atoms with E-state index >= 15 is 0 Å². The maximum atomic E-state index is 13.8. The smallest absolute Gasteiger partial charge is 0.405 e. The van der Waals surface area contributed by atoms with Crippen LogP contribution in [0.25, 0.3) is 5.69 Å². The maximum absolute atomic E-state index is 13.8. The average molecular weight is 545 g/mol. The zero-order chi connectivity index (χ0) is 27.7. The molecule has 0 saturated carbocycles. The molecule has 0 aliphatic heterocycles. The molecule has 0 aliphatic carbocycles. The number of aromatic nitrogens is 3. The molecule has 1 aromatic heterocycles. The van der Waals surface area contributed by atoms with Crippen molar-refractivity contribution in [3.05, 3.63) is 71.1 Å². The van der Waals surface area contributed by atoms with E-state index < -0.39 is 42.8 Å². The lowest BCUT2D eigenvalue weighted by Crippen LogP contribution is -2.33. The van der Waals surface area contributed by atoms with E-state index in [-0.39, 0.29) is 54.6 Å². The summed E-state index contributed by atoms with van der Waals surface area (Å²) in [6, 6.07) is 7.19. The lowest BCUT2D eigenvalue weighted by atomic mass is 10.1. The molecule has 9 nitrogen and oxygen atoms in total. The van der Waals surface area contributed by atoms with Gasteiger partial charge < -0.3 is 20.1 Å². The molecule has 2 aromatic carbocycles. The van der Waals surface area contributed by atoms with Crippen molar-refractivity contribution in [2.45, 2.75) is 12.7 Å². The van der Waals surface area contributed by atoms with Gasteiger partial charge in [-0.15, -0.1) is 5.10 Å². The van der Waals surface area contributed by atoms with Gasteiger partial charge >= 0.3 is 6.18 Å². The van der Waals surface area contributed by atoms with Crippen LogP contribution in [0.1, 0.15) is 26.4 Å². The number of amides is 2. The first kappa shape index (κ1) is 28.4. The van der Waals surface area contributed by atoms with Gasteiger partial charge in [-0.1, -0.05) is 17.3 Å². The number of rotatable bonds is 12. The minimum Gasteiger partial charge on any atom is -0.489 e. The number of benzene rings is 2. The molecule has 3 rings (SSSR count). The van der Waals surface area contributed by atoms with Crippen LogP contribution in [0.4, 0.5) is 26.3 Å². The quantitative estimate of drug-likeness (QED) is 0.268. The van der Waals surface area contributed by atoms with Crippen molar-refractivity contribution in [3.63, 3.8) is 0 Å². The zero-order valence-corrected chi connectivity index (χ0v) is 19.5. The molecule has 38 heavy (non-hydrogen) atoms. The minimum absolute atomic E-state index is 0.0211. The van der Waals surface area contributed by atoms with E-state index in [1.54, 1.807) is 5.32 Å². The third-order valence-electron chi connectivity index (χ3n) is 4.82. The normalized spacial score (nSPS) is 11.3. The van der Waals surface area contributed by atoms with Gasteiger partial charge in [-0.2, -0.15) is 13.2 Å². The number of nitrogens with one attached hydrogen (secondary N) is 2. The number of alkyl halides is 4. The monoisotopic (exact) mass is 545 g/mol. The van der Waals surface area contributed by atoms with Gasteiger partial charge in [-0.05, 0) is 24.3 Å². The number of hydrogen-bond acceptors (Lipinski definition) is 6. The van der Waals surface area contributed by atoms with E-state index in [0.29, 0.717) is 0 Å². The molecule has 2 N–H and O–H groups in total. The van der Waals surface area contributed by atoms with Crippen molar-refractivity contribution in [3.8, 4) is 11.4 Å². The van der Waals surface area contributed by atoms with Gasteiger partial charge in [-0.25, -0.2) is 17.9 Å². The molecule has 3 aromatic rings. The molecule has 0 spiro atoms. The first-order chi connectivity index (χ1) is 18.1. The Bertz CT molecular complexity index is 1270. The van der Waals surface area contributed by atoms with Crippen LogP contribution in [0.15, 0.2) is 42.6 Å². The molecule has 0 atom stereocenters. The van der Waals surface area contributed by atoms with Crippen molar-refractivity contribution in [2.24, 2.45) is 0 Å². The van der Waals surface area contributed by atoms with Gasteiger partial charge in [-0.3, -0.25) is 9.59 Å². The van der Waals surface area contributed by atoms with E-state index in [1.807, 2.05) is 0 Å². The summed E-state index contributed by atoms with van der Waals surface area (Å²) < 4.78 is 88.4. The summed E-state index contributed by atoms with van der Waals surface area (Å²) in [7, 11) is 0. The van der Waals surface area contributed by atoms with Crippen LogP contribution in [0.2, 0.25) is 0 Å². The Labute approximate surface area is 211 Å². The summed E-state index contributed by atoms with van der Waals surface area (Å²) in [6.45, 7) is -2.89. The second kappa shape index (κ2) is 12.9. The average Bonchev–Trinajstić information content (AvgIpc) is 3.37. The van der Waals surface area contributed by atoms with Crippen LogP contribution in [0.5, 0.6) is 5.75 Å². The molecule has 1 heterocycles. The van der Waals surface area contributed by atoms with Crippen molar-refractivity contribution in [1.82, 2.24) is 25.6 Å². The first-order valence-corrected chi connectivity index (χ1v) is 11.0. The Morgan fingerprint density at radius 1 is 1.00 bits per heavy atom. The first-order valence-electron chi connectivity index (χ1n) is 11.0. The topological polar surface area (TPSA) is 107 Å². The second-order valence-corrected chi connectivity index (χ2v) is 7.57. The molecule has 0 bridgehead atoms. The maximum Gasteiger partial charge on any atom is 0.405 e. The molecule has 0 unspecified atom stereocenters. The molecule has 0 fully saturated rings. The fourth-order valence-corrected chi connectivity index (χ4v) is 3.05.